The number of rotatable bonds is 2. The van der Waals surface area contributed by atoms with Gasteiger partial charge < -0.3 is 4.98 Å². The normalized spacial score (nSPS) is 12.1. The van der Waals surface area contributed by atoms with Crippen molar-refractivity contribution in [2.75, 3.05) is 0 Å². The van der Waals surface area contributed by atoms with E-state index in [9.17, 15) is 0 Å². The maximum Gasteiger partial charge on any atom is 0.0544 e. The number of benzene rings is 7. The van der Waals surface area contributed by atoms with Gasteiger partial charge in [-0.25, -0.2) is 0 Å². The van der Waals surface area contributed by atoms with Gasteiger partial charge in [-0.1, -0.05) is 127 Å². The number of nitrogens with one attached hydrogen (secondary N) is 1. The van der Waals surface area contributed by atoms with Crippen LogP contribution in [0.15, 0.2) is 133 Å². The summed E-state index contributed by atoms with van der Waals surface area (Å²) in [4.78, 5) is 3.81. The van der Waals surface area contributed by atoms with Gasteiger partial charge in [0.05, 0.1) is 11.0 Å². The summed E-state index contributed by atoms with van der Waals surface area (Å²) in [5, 5.41) is 7.74. The molecular weight excluding hydrogens is 470 g/mol. The zero-order valence-corrected chi connectivity index (χ0v) is 21.2. The van der Waals surface area contributed by atoms with Gasteiger partial charge in [0.15, 0.2) is 0 Å². The quantitative estimate of drug-likeness (QED) is 0.246. The highest BCUT2D eigenvalue weighted by molar-refractivity contribution is 6.20. The molecule has 1 heterocycles. The monoisotopic (exact) mass is 493 g/mol. The Balaban J connectivity index is 1.25. The summed E-state index contributed by atoms with van der Waals surface area (Å²) in [5.41, 5.74) is 12.7. The summed E-state index contributed by atoms with van der Waals surface area (Å²) in [6, 6.07) is 48.9. The number of hydrogen-bond donors (Lipinski definition) is 1. The molecule has 0 bridgehead atoms. The van der Waals surface area contributed by atoms with Gasteiger partial charge in [0.1, 0.15) is 0 Å². The molecule has 39 heavy (non-hydrogen) atoms. The van der Waals surface area contributed by atoms with Crippen LogP contribution in [0.1, 0.15) is 0 Å². The van der Waals surface area contributed by atoms with E-state index in [4.69, 9.17) is 0 Å². The molecule has 0 saturated heterocycles. The lowest BCUT2D eigenvalue weighted by molar-refractivity contribution is 1.54. The van der Waals surface area contributed by atoms with Gasteiger partial charge in [0.25, 0.3) is 0 Å². The van der Waals surface area contributed by atoms with Gasteiger partial charge in [-0.15, -0.1) is 0 Å². The number of fused-ring (bicyclic) bond motifs is 8. The number of aromatic nitrogens is 1. The Morgan fingerprint density at radius 3 is 1.79 bits per heavy atom. The van der Waals surface area contributed by atoms with E-state index in [0.29, 0.717) is 0 Å². The van der Waals surface area contributed by atoms with Crippen LogP contribution < -0.4 is 0 Å². The molecular formula is C38H23N. The van der Waals surface area contributed by atoms with Gasteiger partial charge in [0.2, 0.25) is 0 Å². The van der Waals surface area contributed by atoms with Gasteiger partial charge in [0, 0.05) is 21.7 Å². The molecule has 0 aliphatic heterocycles. The van der Waals surface area contributed by atoms with Crippen LogP contribution in [0.2, 0.25) is 0 Å². The molecule has 1 aromatic heterocycles. The Bertz CT molecular complexity index is 2250. The predicted molar refractivity (Wildman–Crippen MR) is 166 cm³/mol. The molecule has 180 valence electrons. The summed E-state index contributed by atoms with van der Waals surface area (Å²) in [7, 11) is 0. The molecule has 0 spiro atoms. The minimum Gasteiger partial charge on any atom is -0.353 e. The van der Waals surface area contributed by atoms with Crippen LogP contribution in [-0.4, -0.2) is 4.98 Å². The van der Waals surface area contributed by atoms with Crippen LogP contribution in [0.5, 0.6) is 0 Å². The first-order chi connectivity index (χ1) is 19.3. The third kappa shape index (κ3) is 2.85. The smallest absolute Gasteiger partial charge is 0.0544 e. The Labute approximate surface area is 226 Å². The van der Waals surface area contributed by atoms with Gasteiger partial charge in [-0.3, -0.25) is 0 Å². The van der Waals surface area contributed by atoms with Crippen molar-refractivity contribution in [3.05, 3.63) is 133 Å². The molecule has 1 aliphatic carbocycles. The highest BCUT2D eigenvalue weighted by atomic mass is 14.7. The van der Waals surface area contributed by atoms with E-state index in [2.05, 4.69) is 138 Å². The van der Waals surface area contributed by atoms with E-state index in [0.717, 1.165) is 0 Å². The summed E-state index contributed by atoms with van der Waals surface area (Å²) in [6.45, 7) is 0. The zero-order valence-electron chi connectivity index (χ0n) is 21.2. The van der Waals surface area contributed by atoms with Crippen molar-refractivity contribution in [3.63, 3.8) is 0 Å². The third-order valence-electron chi connectivity index (χ3n) is 8.57. The molecule has 1 aliphatic rings. The van der Waals surface area contributed by atoms with Crippen molar-refractivity contribution in [1.29, 1.82) is 0 Å². The lowest BCUT2D eigenvalue weighted by Crippen LogP contribution is -1.86. The molecule has 0 unspecified atom stereocenters. The predicted octanol–water partition coefficient (Wildman–Crippen LogP) is 10.6. The summed E-state index contributed by atoms with van der Waals surface area (Å²) in [5.74, 6) is 0. The SMILES string of the molecule is c1cc(-c2ccc3c4c(cccc24)-c2ccccc2-3)cc(-c2cccc3c2[nH]c2c4ccccc4ccc32)c1. The third-order valence-corrected chi connectivity index (χ3v) is 8.57. The molecule has 1 nitrogen and oxygen atoms in total. The molecule has 0 atom stereocenters. The Morgan fingerprint density at radius 2 is 0.923 bits per heavy atom. The minimum absolute atomic E-state index is 1.19. The van der Waals surface area contributed by atoms with E-state index in [1.807, 2.05) is 0 Å². The van der Waals surface area contributed by atoms with E-state index in [1.54, 1.807) is 0 Å². The van der Waals surface area contributed by atoms with Crippen molar-refractivity contribution >= 4 is 43.4 Å². The molecule has 9 rings (SSSR count). The fourth-order valence-electron chi connectivity index (χ4n) is 6.82. The summed E-state index contributed by atoms with van der Waals surface area (Å²) < 4.78 is 0. The average Bonchev–Trinajstić information content (AvgIpc) is 3.55. The molecule has 0 fully saturated rings. The molecule has 7 aromatic carbocycles. The zero-order chi connectivity index (χ0) is 25.5. The van der Waals surface area contributed by atoms with Crippen molar-refractivity contribution in [2.45, 2.75) is 0 Å². The first-order valence-corrected chi connectivity index (χ1v) is 13.5. The maximum absolute atomic E-state index is 3.81. The minimum atomic E-state index is 1.19. The number of H-pyrrole nitrogens is 1. The van der Waals surface area contributed by atoms with Crippen molar-refractivity contribution < 1.29 is 0 Å². The van der Waals surface area contributed by atoms with E-state index < -0.39 is 0 Å². The first kappa shape index (κ1) is 20.9. The largest absolute Gasteiger partial charge is 0.353 e. The number of aromatic amines is 1. The standard InChI is InChI=1S/C38H23N/c1-2-11-27-23(8-1)18-19-35-34-17-6-14-28(38(34)39-37(27)35)25-10-5-9-24(22-25)26-20-21-33-30-13-4-3-12-29(30)32-16-7-15-31(26)36(32)33/h1-22,39H. The molecule has 8 aromatic rings. The van der Waals surface area contributed by atoms with E-state index in [-0.39, 0.29) is 0 Å². The van der Waals surface area contributed by atoms with Crippen LogP contribution in [0.4, 0.5) is 0 Å². The Hall–Kier alpha value is -5.14. The Kier molecular flexibility index (Phi) is 4.11. The fourth-order valence-corrected chi connectivity index (χ4v) is 6.82. The maximum atomic E-state index is 3.81. The molecule has 0 radical (unpaired) electrons. The summed E-state index contributed by atoms with van der Waals surface area (Å²) >= 11 is 0. The molecule has 0 saturated carbocycles. The second-order valence-electron chi connectivity index (χ2n) is 10.6. The van der Waals surface area contributed by atoms with Crippen LogP contribution in [0, 0.1) is 0 Å². The van der Waals surface area contributed by atoms with Crippen molar-refractivity contribution in [1.82, 2.24) is 4.98 Å². The van der Waals surface area contributed by atoms with Crippen LogP contribution in [0.25, 0.3) is 87.9 Å². The average molecular weight is 494 g/mol. The highest BCUT2D eigenvalue weighted by Gasteiger charge is 2.22. The fraction of sp³-hybridized carbons (Fsp3) is 0. The molecule has 0 amide bonds. The van der Waals surface area contributed by atoms with Crippen molar-refractivity contribution in [3.8, 4) is 44.5 Å². The van der Waals surface area contributed by atoms with Crippen LogP contribution in [0.3, 0.4) is 0 Å². The van der Waals surface area contributed by atoms with Gasteiger partial charge >= 0.3 is 0 Å². The first-order valence-electron chi connectivity index (χ1n) is 13.5. The Morgan fingerprint density at radius 1 is 0.333 bits per heavy atom. The van der Waals surface area contributed by atoms with Gasteiger partial charge in [-0.2, -0.15) is 0 Å². The second-order valence-corrected chi connectivity index (χ2v) is 10.6. The van der Waals surface area contributed by atoms with E-state index in [1.165, 1.54) is 87.9 Å². The molecule has 1 N–H and O–H groups in total. The van der Waals surface area contributed by atoms with Crippen LogP contribution in [-0.2, 0) is 0 Å². The highest BCUT2D eigenvalue weighted by Crippen LogP contribution is 2.49. The summed E-state index contributed by atoms with van der Waals surface area (Å²) in [6.07, 6.45) is 0. The number of hydrogen-bond acceptors (Lipinski definition) is 0. The lowest BCUT2D eigenvalue weighted by atomic mass is 9.92. The lowest BCUT2D eigenvalue weighted by Gasteiger charge is -2.12. The second kappa shape index (κ2) is 7.69. The topological polar surface area (TPSA) is 15.8 Å². The molecule has 1 heteroatoms. The van der Waals surface area contributed by atoms with Crippen molar-refractivity contribution in [2.24, 2.45) is 0 Å². The number of para-hydroxylation sites is 1. The van der Waals surface area contributed by atoms with Crippen LogP contribution >= 0.6 is 0 Å². The van der Waals surface area contributed by atoms with E-state index >= 15 is 0 Å². The van der Waals surface area contributed by atoms with Gasteiger partial charge in [-0.05, 0) is 61.2 Å².